The lowest BCUT2D eigenvalue weighted by Crippen LogP contribution is -2.49. The van der Waals surface area contributed by atoms with Crippen LogP contribution in [0.1, 0.15) is 29.5 Å². The fourth-order valence-electron chi connectivity index (χ4n) is 3.91. The summed E-state index contributed by atoms with van der Waals surface area (Å²) < 4.78 is 38.5. The number of carbonyl (C=O) groups is 1. The number of carbonyl (C=O) groups excluding carboxylic acids is 1. The lowest BCUT2D eigenvalue weighted by atomic mass is 10.1. The minimum atomic E-state index is -3.76. The number of rotatable bonds is 9. The van der Waals surface area contributed by atoms with Crippen molar-refractivity contribution in [3.63, 3.8) is 0 Å². The minimum Gasteiger partial charge on any atom is -0.383 e. The molecular formula is C20H32N2O5S. The van der Waals surface area contributed by atoms with E-state index in [1.165, 1.54) is 4.31 Å². The van der Waals surface area contributed by atoms with Crippen LogP contribution in [-0.4, -0.2) is 76.6 Å². The number of ether oxygens (including phenoxy) is 2. The Morgan fingerprint density at radius 2 is 1.64 bits per heavy atom. The average Bonchev–Trinajstić information content (AvgIpc) is 3.11. The Kier molecular flexibility index (Phi) is 8.00. The van der Waals surface area contributed by atoms with E-state index in [1.807, 2.05) is 32.9 Å². The molecule has 28 heavy (non-hydrogen) atoms. The Morgan fingerprint density at radius 1 is 1.11 bits per heavy atom. The topological polar surface area (TPSA) is 76.2 Å². The van der Waals surface area contributed by atoms with Crippen molar-refractivity contribution in [2.24, 2.45) is 0 Å². The maximum atomic E-state index is 13.5. The SMILES string of the molecule is COCCN(CCOC)C(=O)C1CCCN1S(=O)(=O)c1c(C)cc(C)cc1C. The van der Waals surface area contributed by atoms with Crippen LogP contribution in [0.5, 0.6) is 0 Å². The van der Waals surface area contributed by atoms with Gasteiger partial charge in [0.1, 0.15) is 6.04 Å². The van der Waals surface area contributed by atoms with Crippen LogP contribution in [0.3, 0.4) is 0 Å². The number of amides is 1. The zero-order valence-electron chi connectivity index (χ0n) is 17.5. The second-order valence-electron chi connectivity index (χ2n) is 7.31. The maximum Gasteiger partial charge on any atom is 0.244 e. The second-order valence-corrected chi connectivity index (χ2v) is 9.14. The van der Waals surface area contributed by atoms with Gasteiger partial charge in [-0.05, 0) is 44.7 Å². The Morgan fingerprint density at radius 3 is 2.14 bits per heavy atom. The predicted octanol–water partition coefficient (Wildman–Crippen LogP) is 1.89. The second kappa shape index (κ2) is 9.82. The summed E-state index contributed by atoms with van der Waals surface area (Å²) in [4.78, 5) is 15.1. The molecule has 0 aliphatic carbocycles. The van der Waals surface area contributed by atoms with Crippen molar-refractivity contribution >= 4 is 15.9 Å². The summed E-state index contributed by atoms with van der Waals surface area (Å²) in [6, 6.07) is 3.06. The van der Waals surface area contributed by atoms with Crippen LogP contribution in [-0.2, 0) is 24.3 Å². The van der Waals surface area contributed by atoms with Crippen LogP contribution >= 0.6 is 0 Å². The third-order valence-electron chi connectivity index (χ3n) is 5.10. The van der Waals surface area contributed by atoms with Gasteiger partial charge in [0.15, 0.2) is 0 Å². The number of hydrogen-bond donors (Lipinski definition) is 0. The molecule has 0 spiro atoms. The standard InChI is InChI=1S/C20H32N2O5S/c1-15-13-16(2)19(17(3)14-15)28(24,25)22-8-6-7-18(22)20(23)21(9-11-26-4)10-12-27-5/h13-14,18H,6-12H2,1-5H3. The predicted molar refractivity (Wildman–Crippen MR) is 108 cm³/mol. The van der Waals surface area contributed by atoms with Crippen LogP contribution in [0.25, 0.3) is 0 Å². The molecule has 1 unspecified atom stereocenters. The van der Waals surface area contributed by atoms with E-state index in [-0.39, 0.29) is 5.91 Å². The molecule has 1 aromatic carbocycles. The Labute approximate surface area is 168 Å². The lowest BCUT2D eigenvalue weighted by molar-refractivity contribution is -0.135. The van der Waals surface area contributed by atoms with Gasteiger partial charge in [0.2, 0.25) is 15.9 Å². The molecule has 1 heterocycles. The van der Waals surface area contributed by atoms with Crippen molar-refractivity contribution in [1.29, 1.82) is 0 Å². The molecule has 1 aliphatic rings. The number of methoxy groups -OCH3 is 2. The Hall–Kier alpha value is -1.48. The van der Waals surface area contributed by atoms with Gasteiger partial charge >= 0.3 is 0 Å². The summed E-state index contributed by atoms with van der Waals surface area (Å²) in [5, 5.41) is 0. The largest absolute Gasteiger partial charge is 0.383 e. The number of nitrogens with zero attached hydrogens (tertiary/aromatic N) is 2. The zero-order valence-corrected chi connectivity index (χ0v) is 18.3. The fraction of sp³-hybridized carbons (Fsp3) is 0.650. The van der Waals surface area contributed by atoms with Crippen molar-refractivity contribution in [2.45, 2.75) is 44.6 Å². The van der Waals surface area contributed by atoms with Crippen molar-refractivity contribution < 1.29 is 22.7 Å². The molecule has 1 atom stereocenters. The van der Waals surface area contributed by atoms with Gasteiger partial charge in [0.25, 0.3) is 0 Å². The van der Waals surface area contributed by atoms with Gasteiger partial charge in [-0.15, -0.1) is 0 Å². The number of sulfonamides is 1. The smallest absolute Gasteiger partial charge is 0.244 e. The molecule has 7 nitrogen and oxygen atoms in total. The highest BCUT2D eigenvalue weighted by atomic mass is 32.2. The van der Waals surface area contributed by atoms with E-state index >= 15 is 0 Å². The maximum absolute atomic E-state index is 13.5. The van der Waals surface area contributed by atoms with E-state index < -0.39 is 16.1 Å². The van der Waals surface area contributed by atoms with Crippen molar-refractivity contribution in [3.05, 3.63) is 28.8 Å². The van der Waals surface area contributed by atoms with Gasteiger partial charge in [0.05, 0.1) is 18.1 Å². The van der Waals surface area contributed by atoms with Gasteiger partial charge in [-0.1, -0.05) is 17.7 Å². The Balaban J connectivity index is 2.33. The van der Waals surface area contributed by atoms with E-state index in [9.17, 15) is 13.2 Å². The molecular weight excluding hydrogens is 380 g/mol. The minimum absolute atomic E-state index is 0.183. The first-order chi connectivity index (χ1) is 13.2. The number of aryl methyl sites for hydroxylation is 3. The molecule has 1 saturated heterocycles. The molecule has 1 aliphatic heterocycles. The van der Waals surface area contributed by atoms with Gasteiger partial charge in [-0.3, -0.25) is 4.79 Å². The lowest BCUT2D eigenvalue weighted by Gasteiger charge is -2.30. The fourth-order valence-corrected chi connectivity index (χ4v) is 5.98. The van der Waals surface area contributed by atoms with Crippen molar-refractivity contribution in [1.82, 2.24) is 9.21 Å². The molecule has 0 N–H and O–H groups in total. The highest BCUT2D eigenvalue weighted by Gasteiger charge is 2.42. The van der Waals surface area contributed by atoms with E-state index in [4.69, 9.17) is 9.47 Å². The summed E-state index contributed by atoms with van der Waals surface area (Å²) >= 11 is 0. The molecule has 0 saturated carbocycles. The molecule has 0 radical (unpaired) electrons. The van der Waals surface area contributed by atoms with E-state index in [1.54, 1.807) is 19.1 Å². The molecule has 8 heteroatoms. The quantitative estimate of drug-likeness (QED) is 0.619. The molecule has 1 aromatic rings. The summed E-state index contributed by atoms with van der Waals surface area (Å²) in [5.41, 5.74) is 2.45. The van der Waals surface area contributed by atoms with Crippen LogP contribution < -0.4 is 0 Å². The molecule has 0 bridgehead atoms. The van der Waals surface area contributed by atoms with E-state index in [0.29, 0.717) is 61.7 Å². The number of benzene rings is 1. The van der Waals surface area contributed by atoms with Crippen molar-refractivity contribution in [2.75, 3.05) is 47.1 Å². The molecule has 0 aromatic heterocycles. The number of hydrogen-bond acceptors (Lipinski definition) is 5. The van der Waals surface area contributed by atoms with Gasteiger partial charge < -0.3 is 14.4 Å². The van der Waals surface area contributed by atoms with Crippen LogP contribution in [0.2, 0.25) is 0 Å². The zero-order chi connectivity index (χ0) is 20.9. The molecule has 2 rings (SSSR count). The van der Waals surface area contributed by atoms with Gasteiger partial charge in [-0.2, -0.15) is 4.31 Å². The average molecular weight is 413 g/mol. The van der Waals surface area contributed by atoms with Crippen LogP contribution in [0.15, 0.2) is 17.0 Å². The van der Waals surface area contributed by atoms with Gasteiger partial charge in [0, 0.05) is 33.9 Å². The van der Waals surface area contributed by atoms with E-state index in [2.05, 4.69) is 0 Å². The first kappa shape index (κ1) is 22.8. The first-order valence-corrected chi connectivity index (χ1v) is 11.0. The Bertz CT molecular complexity index is 763. The summed E-state index contributed by atoms with van der Waals surface area (Å²) in [6.07, 6.45) is 1.19. The third-order valence-corrected chi connectivity index (χ3v) is 7.32. The normalized spacial score (nSPS) is 17.8. The van der Waals surface area contributed by atoms with Crippen LogP contribution in [0, 0.1) is 20.8 Å². The van der Waals surface area contributed by atoms with Crippen LogP contribution in [0.4, 0.5) is 0 Å². The molecule has 1 fully saturated rings. The van der Waals surface area contributed by atoms with Crippen molar-refractivity contribution in [3.8, 4) is 0 Å². The molecule has 158 valence electrons. The first-order valence-electron chi connectivity index (χ1n) is 9.60. The highest BCUT2D eigenvalue weighted by Crippen LogP contribution is 2.31. The third kappa shape index (κ3) is 4.92. The van der Waals surface area contributed by atoms with E-state index in [0.717, 1.165) is 5.56 Å². The highest BCUT2D eigenvalue weighted by molar-refractivity contribution is 7.89. The summed E-state index contributed by atoms with van der Waals surface area (Å²) in [5.74, 6) is -0.183. The monoisotopic (exact) mass is 412 g/mol. The summed E-state index contributed by atoms with van der Waals surface area (Å²) in [7, 11) is -0.607. The summed E-state index contributed by atoms with van der Waals surface area (Å²) in [6.45, 7) is 7.52. The molecule has 1 amide bonds. The van der Waals surface area contributed by atoms with Gasteiger partial charge in [-0.25, -0.2) is 8.42 Å².